The SMILES string of the molecule is COC(=O)CN(Cc1ccccc1)Cc1cc(C)c(C)cc1O. The fourth-order valence-electron chi connectivity index (χ4n) is 2.48. The summed E-state index contributed by atoms with van der Waals surface area (Å²) < 4.78 is 4.79. The van der Waals surface area contributed by atoms with E-state index in [4.69, 9.17) is 4.74 Å². The number of methoxy groups -OCH3 is 1. The van der Waals surface area contributed by atoms with E-state index < -0.39 is 0 Å². The number of nitrogens with zero attached hydrogens (tertiary/aromatic N) is 1. The van der Waals surface area contributed by atoms with Gasteiger partial charge in [-0.15, -0.1) is 0 Å². The maximum absolute atomic E-state index is 11.7. The molecule has 1 N–H and O–H groups in total. The summed E-state index contributed by atoms with van der Waals surface area (Å²) in [6.07, 6.45) is 0. The Labute approximate surface area is 137 Å². The van der Waals surface area contributed by atoms with Gasteiger partial charge in [-0.1, -0.05) is 36.4 Å². The van der Waals surface area contributed by atoms with E-state index in [2.05, 4.69) is 0 Å². The van der Waals surface area contributed by atoms with E-state index in [1.54, 1.807) is 6.07 Å². The fraction of sp³-hybridized carbons (Fsp3) is 0.316. The van der Waals surface area contributed by atoms with Crippen molar-refractivity contribution in [3.63, 3.8) is 0 Å². The molecule has 0 aliphatic heterocycles. The summed E-state index contributed by atoms with van der Waals surface area (Å²) in [7, 11) is 1.39. The number of carbonyl (C=O) groups is 1. The topological polar surface area (TPSA) is 49.8 Å². The highest BCUT2D eigenvalue weighted by molar-refractivity contribution is 5.71. The van der Waals surface area contributed by atoms with Crippen molar-refractivity contribution in [2.45, 2.75) is 26.9 Å². The van der Waals surface area contributed by atoms with E-state index in [1.807, 2.05) is 55.1 Å². The van der Waals surface area contributed by atoms with Gasteiger partial charge in [0.1, 0.15) is 5.75 Å². The molecular weight excluding hydrogens is 290 g/mol. The van der Waals surface area contributed by atoms with Crippen molar-refractivity contribution >= 4 is 5.97 Å². The second kappa shape index (κ2) is 7.79. The normalized spacial score (nSPS) is 10.8. The molecule has 122 valence electrons. The molecule has 0 unspecified atom stereocenters. The Bertz CT molecular complexity index is 668. The van der Waals surface area contributed by atoms with Crippen molar-refractivity contribution in [3.05, 3.63) is 64.7 Å². The lowest BCUT2D eigenvalue weighted by atomic mass is 10.0. The zero-order chi connectivity index (χ0) is 16.8. The molecule has 0 heterocycles. The first-order valence-corrected chi connectivity index (χ1v) is 7.61. The van der Waals surface area contributed by atoms with Gasteiger partial charge in [0.25, 0.3) is 0 Å². The van der Waals surface area contributed by atoms with Gasteiger partial charge >= 0.3 is 5.97 Å². The summed E-state index contributed by atoms with van der Waals surface area (Å²) >= 11 is 0. The summed E-state index contributed by atoms with van der Waals surface area (Å²) in [5.41, 5.74) is 4.09. The molecule has 0 atom stereocenters. The number of ether oxygens (including phenoxy) is 1. The summed E-state index contributed by atoms with van der Waals surface area (Å²) in [4.78, 5) is 13.6. The third-order valence-corrected chi connectivity index (χ3v) is 3.92. The van der Waals surface area contributed by atoms with E-state index >= 15 is 0 Å². The number of esters is 1. The number of phenolic OH excluding ortho intramolecular Hbond substituents is 1. The van der Waals surface area contributed by atoms with E-state index in [-0.39, 0.29) is 18.3 Å². The number of phenols is 1. The molecule has 4 nitrogen and oxygen atoms in total. The lowest BCUT2D eigenvalue weighted by Gasteiger charge is -2.22. The Balaban J connectivity index is 2.20. The van der Waals surface area contributed by atoms with Crippen LogP contribution in [0.4, 0.5) is 0 Å². The highest BCUT2D eigenvalue weighted by Crippen LogP contribution is 2.24. The number of hydrogen-bond donors (Lipinski definition) is 1. The smallest absolute Gasteiger partial charge is 0.319 e. The van der Waals surface area contributed by atoms with Crippen molar-refractivity contribution in [1.29, 1.82) is 0 Å². The number of hydrogen-bond acceptors (Lipinski definition) is 4. The molecule has 2 aromatic rings. The summed E-state index contributed by atoms with van der Waals surface area (Å²) in [6.45, 7) is 5.26. The zero-order valence-electron chi connectivity index (χ0n) is 13.9. The number of aromatic hydroxyl groups is 1. The van der Waals surface area contributed by atoms with E-state index in [0.29, 0.717) is 13.1 Å². The molecular formula is C19H23NO3. The number of rotatable bonds is 6. The van der Waals surface area contributed by atoms with Gasteiger partial charge in [0, 0.05) is 18.7 Å². The second-order valence-corrected chi connectivity index (χ2v) is 5.77. The summed E-state index contributed by atoms with van der Waals surface area (Å²) in [6, 6.07) is 13.7. The van der Waals surface area contributed by atoms with Gasteiger partial charge in [0.05, 0.1) is 13.7 Å². The van der Waals surface area contributed by atoms with Crippen LogP contribution in [-0.2, 0) is 22.6 Å². The van der Waals surface area contributed by atoms with Gasteiger partial charge in [0.2, 0.25) is 0 Å². The Hall–Kier alpha value is -2.33. The molecule has 4 heteroatoms. The molecule has 0 saturated carbocycles. The van der Waals surface area contributed by atoms with Crippen LogP contribution in [0.3, 0.4) is 0 Å². The Morgan fingerprint density at radius 3 is 2.39 bits per heavy atom. The first kappa shape index (κ1) is 17.0. The van der Waals surface area contributed by atoms with Crippen LogP contribution in [0.2, 0.25) is 0 Å². The zero-order valence-corrected chi connectivity index (χ0v) is 13.9. The predicted molar refractivity (Wildman–Crippen MR) is 90.2 cm³/mol. The average molecular weight is 313 g/mol. The Morgan fingerprint density at radius 1 is 1.09 bits per heavy atom. The molecule has 23 heavy (non-hydrogen) atoms. The highest BCUT2D eigenvalue weighted by Gasteiger charge is 2.15. The first-order valence-electron chi connectivity index (χ1n) is 7.61. The molecule has 0 radical (unpaired) electrons. The van der Waals surface area contributed by atoms with E-state index in [0.717, 1.165) is 22.3 Å². The molecule has 2 aromatic carbocycles. The Morgan fingerprint density at radius 2 is 1.74 bits per heavy atom. The lowest BCUT2D eigenvalue weighted by molar-refractivity contribution is -0.142. The molecule has 2 rings (SSSR count). The molecule has 0 amide bonds. The van der Waals surface area contributed by atoms with Gasteiger partial charge in [-0.3, -0.25) is 9.69 Å². The van der Waals surface area contributed by atoms with Gasteiger partial charge < -0.3 is 9.84 Å². The van der Waals surface area contributed by atoms with E-state index in [1.165, 1.54) is 7.11 Å². The van der Waals surface area contributed by atoms with Crippen molar-refractivity contribution in [2.24, 2.45) is 0 Å². The van der Waals surface area contributed by atoms with Crippen LogP contribution < -0.4 is 0 Å². The minimum atomic E-state index is -0.288. The van der Waals surface area contributed by atoms with Crippen molar-refractivity contribution < 1.29 is 14.6 Å². The van der Waals surface area contributed by atoms with Crippen LogP contribution in [-0.4, -0.2) is 29.6 Å². The minimum Gasteiger partial charge on any atom is -0.508 e. The number of benzene rings is 2. The van der Waals surface area contributed by atoms with Gasteiger partial charge in [-0.05, 0) is 36.6 Å². The van der Waals surface area contributed by atoms with Crippen LogP contribution in [0, 0.1) is 13.8 Å². The number of carbonyl (C=O) groups excluding carboxylic acids is 1. The Kier molecular flexibility index (Phi) is 5.77. The van der Waals surface area contributed by atoms with Crippen LogP contribution in [0.5, 0.6) is 5.75 Å². The third-order valence-electron chi connectivity index (χ3n) is 3.92. The van der Waals surface area contributed by atoms with Crippen molar-refractivity contribution in [1.82, 2.24) is 4.90 Å². The maximum atomic E-state index is 11.7. The summed E-state index contributed by atoms with van der Waals surface area (Å²) in [5.74, 6) is -0.0275. The lowest BCUT2D eigenvalue weighted by Crippen LogP contribution is -2.30. The third kappa shape index (κ3) is 4.83. The van der Waals surface area contributed by atoms with Crippen molar-refractivity contribution in [2.75, 3.05) is 13.7 Å². The first-order chi connectivity index (χ1) is 11.0. The largest absolute Gasteiger partial charge is 0.508 e. The van der Waals surface area contributed by atoms with Crippen LogP contribution in [0.1, 0.15) is 22.3 Å². The molecule has 0 spiro atoms. The predicted octanol–water partition coefficient (Wildman–Crippen LogP) is 3.18. The maximum Gasteiger partial charge on any atom is 0.319 e. The number of aryl methyl sites for hydroxylation is 2. The molecule has 0 aliphatic rings. The van der Waals surface area contributed by atoms with Gasteiger partial charge in [0.15, 0.2) is 0 Å². The highest BCUT2D eigenvalue weighted by atomic mass is 16.5. The second-order valence-electron chi connectivity index (χ2n) is 5.77. The molecule has 0 bridgehead atoms. The standard InChI is InChI=1S/C19H23NO3/c1-14-9-17(18(21)10-15(14)2)12-20(13-19(22)23-3)11-16-7-5-4-6-8-16/h4-10,21H,11-13H2,1-3H3. The van der Waals surface area contributed by atoms with Gasteiger partial charge in [-0.2, -0.15) is 0 Å². The monoisotopic (exact) mass is 313 g/mol. The van der Waals surface area contributed by atoms with Crippen molar-refractivity contribution in [3.8, 4) is 5.75 Å². The van der Waals surface area contributed by atoms with Crippen LogP contribution >= 0.6 is 0 Å². The molecule has 0 fully saturated rings. The summed E-state index contributed by atoms with van der Waals surface area (Å²) in [5, 5.41) is 10.2. The molecule has 0 aromatic heterocycles. The fourth-order valence-corrected chi connectivity index (χ4v) is 2.48. The van der Waals surface area contributed by atoms with Crippen LogP contribution in [0.25, 0.3) is 0 Å². The minimum absolute atomic E-state index is 0.178. The molecule has 0 aliphatic carbocycles. The van der Waals surface area contributed by atoms with Gasteiger partial charge in [-0.25, -0.2) is 0 Å². The molecule has 0 saturated heterocycles. The quantitative estimate of drug-likeness (QED) is 0.832. The average Bonchev–Trinajstić information content (AvgIpc) is 2.53. The van der Waals surface area contributed by atoms with E-state index in [9.17, 15) is 9.90 Å². The van der Waals surface area contributed by atoms with Crippen LogP contribution in [0.15, 0.2) is 42.5 Å².